The topological polar surface area (TPSA) is 89.6 Å². The molecule has 0 amide bonds. The Labute approximate surface area is 341 Å². The molecule has 0 radical (unpaired) electrons. The van der Waals surface area contributed by atoms with Gasteiger partial charge in [0.1, 0.15) is 12.4 Å². The van der Waals surface area contributed by atoms with Crippen molar-refractivity contribution >= 4 is 92.8 Å². The largest absolute Gasteiger partial charge is 0.318 e. The number of hydrogen-bond donors (Lipinski definition) is 0. The van der Waals surface area contributed by atoms with Gasteiger partial charge in [-0.3, -0.25) is 9.97 Å². The average molecular weight is 763 g/mol. The van der Waals surface area contributed by atoms with Gasteiger partial charge in [0, 0.05) is 72.8 Å². The molecule has 13 aromatic rings. The molecule has 8 nitrogen and oxygen atoms in total. The second kappa shape index (κ2) is 11.9. The van der Waals surface area contributed by atoms with Crippen LogP contribution in [-0.4, -0.2) is 29.1 Å². The number of hydrogen-bond acceptors (Lipinski definition) is 5. The van der Waals surface area contributed by atoms with Crippen molar-refractivity contribution in [2.75, 3.05) is 0 Å². The van der Waals surface area contributed by atoms with Crippen molar-refractivity contribution in [2.24, 2.45) is 0 Å². The Kier molecular flexibility index (Phi) is 6.42. The van der Waals surface area contributed by atoms with Crippen molar-refractivity contribution in [2.45, 2.75) is 0 Å². The lowest BCUT2D eigenvalue weighted by Crippen LogP contribution is -2.08. The molecule has 8 heteroatoms. The predicted octanol–water partition coefficient (Wildman–Crippen LogP) is 12.7. The van der Waals surface area contributed by atoms with E-state index in [2.05, 4.69) is 110 Å². The van der Waals surface area contributed by atoms with E-state index in [1.165, 1.54) is 0 Å². The Morgan fingerprint density at radius 1 is 0.483 bits per heavy atom. The first-order chi connectivity index (χ1) is 29.8. The Morgan fingerprint density at radius 2 is 0.967 bits per heavy atom. The lowest BCUT2D eigenvalue weighted by molar-refractivity contribution is 1.13. The van der Waals surface area contributed by atoms with E-state index in [9.17, 15) is 5.26 Å². The number of rotatable bonds is 4. The molecule has 4 heterocycles. The highest BCUT2D eigenvalue weighted by Crippen LogP contribution is 2.54. The van der Waals surface area contributed by atoms with E-state index >= 15 is 0 Å². The molecule has 0 aliphatic carbocycles. The monoisotopic (exact) mass is 762 g/mol. The molecule has 274 valence electrons. The third-order valence-electron chi connectivity index (χ3n) is 12.3. The first kappa shape index (κ1) is 32.4. The van der Waals surface area contributed by atoms with Crippen molar-refractivity contribution in [3.63, 3.8) is 0 Å². The molecule has 0 aliphatic heterocycles. The van der Waals surface area contributed by atoms with Crippen LogP contribution in [0, 0.1) is 17.9 Å². The summed E-state index contributed by atoms with van der Waals surface area (Å²) >= 11 is 0. The van der Waals surface area contributed by atoms with E-state index < -0.39 is 0 Å². The van der Waals surface area contributed by atoms with Crippen LogP contribution in [0.15, 0.2) is 158 Å². The van der Waals surface area contributed by atoms with E-state index in [-0.39, 0.29) is 0 Å². The SMILES string of the molecule is [C-]#[N+]c1c(-c2ccccc2)c(C#N)c(-n2c3cccc4c5cncnc5c5cccc2c5c43)c(-c2ccccc2)c1-n1c2cccc3c4nccnc4c4cccc1c4c32. The van der Waals surface area contributed by atoms with Gasteiger partial charge < -0.3 is 9.13 Å². The van der Waals surface area contributed by atoms with Crippen LogP contribution in [0.3, 0.4) is 0 Å². The second-order valence-corrected chi connectivity index (χ2v) is 15.1. The fourth-order valence-corrected chi connectivity index (χ4v) is 10.1. The van der Waals surface area contributed by atoms with Crippen molar-refractivity contribution in [3.05, 3.63) is 175 Å². The number of nitrogens with zero attached hydrogens (tertiary/aromatic N) is 8. The highest BCUT2D eigenvalue weighted by Gasteiger charge is 2.33. The van der Waals surface area contributed by atoms with Crippen LogP contribution in [0.5, 0.6) is 0 Å². The molecule has 0 unspecified atom stereocenters. The van der Waals surface area contributed by atoms with E-state index in [0.717, 1.165) is 104 Å². The van der Waals surface area contributed by atoms with Crippen LogP contribution in [0.25, 0.3) is 126 Å². The minimum atomic E-state index is 0.386. The van der Waals surface area contributed by atoms with Gasteiger partial charge in [-0.1, -0.05) is 109 Å². The maximum atomic E-state index is 11.7. The molecule has 0 atom stereocenters. The van der Waals surface area contributed by atoms with Crippen LogP contribution in [0.1, 0.15) is 5.56 Å². The zero-order valence-electron chi connectivity index (χ0n) is 31.6. The normalized spacial score (nSPS) is 12.0. The fraction of sp³-hybridized carbons (Fsp3) is 0. The summed E-state index contributed by atoms with van der Waals surface area (Å²) in [4.78, 5) is 23.4. The van der Waals surface area contributed by atoms with Crippen LogP contribution in [-0.2, 0) is 0 Å². The van der Waals surface area contributed by atoms with E-state index in [1.807, 2.05) is 54.7 Å². The van der Waals surface area contributed by atoms with Crippen molar-refractivity contribution in [1.82, 2.24) is 29.1 Å². The molecule has 9 aromatic carbocycles. The van der Waals surface area contributed by atoms with Crippen molar-refractivity contribution in [3.8, 4) is 39.7 Å². The zero-order valence-corrected chi connectivity index (χ0v) is 31.6. The van der Waals surface area contributed by atoms with Crippen molar-refractivity contribution < 1.29 is 0 Å². The molecule has 0 fully saturated rings. The summed E-state index contributed by atoms with van der Waals surface area (Å²) in [5, 5.41) is 20.9. The first-order valence-corrected chi connectivity index (χ1v) is 19.6. The molecular formula is C52H26N8. The molecule has 0 aliphatic rings. The maximum absolute atomic E-state index is 11.7. The fourth-order valence-electron chi connectivity index (χ4n) is 10.1. The Hall–Kier alpha value is -8.72. The molecule has 0 spiro atoms. The highest BCUT2D eigenvalue weighted by molar-refractivity contribution is 6.35. The summed E-state index contributed by atoms with van der Waals surface area (Å²) < 4.78 is 4.51. The molecule has 0 N–H and O–H groups in total. The van der Waals surface area contributed by atoms with Gasteiger partial charge in [-0.15, -0.1) is 0 Å². The summed E-state index contributed by atoms with van der Waals surface area (Å²) in [5.74, 6) is 0. The number of aromatic nitrogens is 6. The molecule has 0 bridgehead atoms. The summed E-state index contributed by atoms with van der Waals surface area (Å²) in [7, 11) is 0. The van der Waals surface area contributed by atoms with E-state index in [1.54, 1.807) is 18.7 Å². The summed E-state index contributed by atoms with van der Waals surface area (Å²) in [6, 6.07) is 48.1. The van der Waals surface area contributed by atoms with Gasteiger partial charge >= 0.3 is 0 Å². The van der Waals surface area contributed by atoms with Gasteiger partial charge in [0.15, 0.2) is 0 Å². The summed E-state index contributed by atoms with van der Waals surface area (Å²) in [6.45, 7) is 9.14. The zero-order chi connectivity index (χ0) is 39.6. The van der Waals surface area contributed by atoms with Gasteiger partial charge in [0.05, 0.1) is 62.1 Å². The van der Waals surface area contributed by atoms with Gasteiger partial charge in [-0.05, 0) is 40.8 Å². The standard InChI is InChI=1S/C52H26N8/c1-54-50-41(29-12-4-2-5-13-29)35(26-53)51(59-37-20-8-16-31-36-27-55-28-58-47(36)32-17-9-21-38(59)44(32)43(31)37)42(30-14-6-3-7-15-30)52(50)60-39-22-10-18-33-45(39)46-34(19-11-23-40(46)60)49-48(33)56-24-25-57-49/h2-25,27-28H. The molecule has 4 aromatic heterocycles. The minimum absolute atomic E-state index is 0.386. The smallest absolute Gasteiger partial charge is 0.220 e. The second-order valence-electron chi connectivity index (χ2n) is 15.1. The number of nitriles is 1. The van der Waals surface area contributed by atoms with Gasteiger partial charge in [0.25, 0.3) is 0 Å². The van der Waals surface area contributed by atoms with Crippen molar-refractivity contribution in [1.29, 1.82) is 5.26 Å². The van der Waals surface area contributed by atoms with Crippen LogP contribution in [0.2, 0.25) is 0 Å². The lowest BCUT2D eigenvalue weighted by atomic mass is 9.88. The minimum Gasteiger partial charge on any atom is -0.318 e. The van der Waals surface area contributed by atoms with E-state index in [4.69, 9.17) is 21.5 Å². The van der Waals surface area contributed by atoms with Gasteiger partial charge in [-0.2, -0.15) is 5.26 Å². The quantitative estimate of drug-likeness (QED) is 0.132. The highest BCUT2D eigenvalue weighted by atomic mass is 15.0. The summed E-state index contributed by atoms with van der Waals surface area (Å²) in [6.07, 6.45) is 6.98. The maximum Gasteiger partial charge on any atom is 0.220 e. The molecule has 13 rings (SSSR count). The predicted molar refractivity (Wildman–Crippen MR) is 241 cm³/mol. The summed E-state index contributed by atoms with van der Waals surface area (Å²) in [5.41, 5.74) is 11.5. The Morgan fingerprint density at radius 3 is 1.50 bits per heavy atom. The average Bonchev–Trinajstić information content (AvgIpc) is 3.84. The first-order valence-electron chi connectivity index (χ1n) is 19.6. The van der Waals surface area contributed by atoms with Crippen LogP contribution >= 0.6 is 0 Å². The molecule has 60 heavy (non-hydrogen) atoms. The van der Waals surface area contributed by atoms with Crippen LogP contribution in [0.4, 0.5) is 5.69 Å². The molecule has 0 saturated heterocycles. The van der Waals surface area contributed by atoms with Crippen LogP contribution < -0.4 is 0 Å². The molecular weight excluding hydrogens is 737 g/mol. The molecule has 0 saturated carbocycles. The third-order valence-corrected chi connectivity index (χ3v) is 12.3. The Balaban J connectivity index is 1.33. The van der Waals surface area contributed by atoms with Gasteiger partial charge in [0.2, 0.25) is 5.69 Å². The van der Waals surface area contributed by atoms with E-state index in [0.29, 0.717) is 28.2 Å². The number of benzene rings is 9. The number of fused-ring (bicyclic) bond motifs is 6. The Bertz CT molecular complexity index is 3620. The third kappa shape index (κ3) is 4.01. The van der Waals surface area contributed by atoms with Gasteiger partial charge in [-0.25, -0.2) is 14.8 Å². The lowest BCUT2D eigenvalue weighted by Gasteiger charge is -2.25.